The van der Waals surface area contributed by atoms with Crippen LogP contribution in [-0.4, -0.2) is 54.2 Å². The minimum atomic E-state index is -1.17. The lowest BCUT2D eigenvalue weighted by Crippen LogP contribution is -2.38. The van der Waals surface area contributed by atoms with Gasteiger partial charge in [0.2, 0.25) is 5.91 Å². The molecule has 2 N–H and O–H groups in total. The van der Waals surface area contributed by atoms with E-state index in [4.69, 9.17) is 5.11 Å². The third-order valence-corrected chi connectivity index (χ3v) is 2.38. The largest absolute Gasteiger partial charge is 0.478 e. The lowest BCUT2D eigenvalue weighted by Gasteiger charge is -2.14. The number of carbonyl (C=O) groups excluding carboxylic acids is 2. The van der Waals surface area contributed by atoms with Gasteiger partial charge in [0.25, 0.3) is 0 Å². The smallest absolute Gasteiger partial charge is 0.407 e. The van der Waals surface area contributed by atoms with E-state index in [1.165, 1.54) is 12.0 Å². The molecule has 7 heteroatoms. The summed E-state index contributed by atoms with van der Waals surface area (Å²) in [4.78, 5) is 34.1. The van der Waals surface area contributed by atoms with E-state index >= 15 is 0 Å². The van der Waals surface area contributed by atoms with Crippen molar-refractivity contribution in [3.63, 3.8) is 0 Å². The van der Waals surface area contributed by atoms with Crippen LogP contribution in [-0.2, 0) is 14.3 Å². The highest BCUT2D eigenvalue weighted by atomic mass is 16.5. The van der Waals surface area contributed by atoms with Gasteiger partial charge in [-0.1, -0.05) is 0 Å². The molecule has 17 heavy (non-hydrogen) atoms. The van der Waals surface area contributed by atoms with E-state index in [1.807, 2.05) is 0 Å². The zero-order chi connectivity index (χ0) is 12.8. The summed E-state index contributed by atoms with van der Waals surface area (Å²) in [5, 5.41) is 11.0. The van der Waals surface area contributed by atoms with Gasteiger partial charge < -0.3 is 20.1 Å². The molecular weight excluding hydrogens is 228 g/mol. The number of likely N-dealkylation sites (tertiary alicyclic amines) is 1. The molecule has 0 aliphatic carbocycles. The molecule has 0 radical (unpaired) electrons. The zero-order valence-corrected chi connectivity index (χ0v) is 9.38. The van der Waals surface area contributed by atoms with Gasteiger partial charge in [0.1, 0.15) is 0 Å². The third kappa shape index (κ3) is 4.13. The molecule has 0 spiro atoms. The standard InChI is InChI=1S/C10H14N2O5/c1-17-10(16)11-7-4-5-12(6-7)8(13)2-3-9(14)15/h2-3,7H,4-6H2,1H3,(H,11,16)(H,14,15)/b3-2+. The summed E-state index contributed by atoms with van der Waals surface area (Å²) >= 11 is 0. The highest BCUT2D eigenvalue weighted by molar-refractivity contribution is 5.94. The molecule has 0 aromatic heterocycles. The Morgan fingerprint density at radius 2 is 2.12 bits per heavy atom. The molecule has 1 unspecified atom stereocenters. The first-order valence-electron chi connectivity index (χ1n) is 5.07. The number of hydrogen-bond acceptors (Lipinski definition) is 4. The number of carboxylic acids is 1. The van der Waals surface area contributed by atoms with Gasteiger partial charge in [0.15, 0.2) is 0 Å². The van der Waals surface area contributed by atoms with Crippen LogP contribution in [0.3, 0.4) is 0 Å². The predicted octanol–water partition coefficient (Wildman–Crippen LogP) is -0.416. The topological polar surface area (TPSA) is 95.9 Å². The van der Waals surface area contributed by atoms with Crippen molar-refractivity contribution in [1.82, 2.24) is 10.2 Å². The first kappa shape index (κ1) is 13.0. The molecule has 2 amide bonds. The van der Waals surface area contributed by atoms with E-state index in [9.17, 15) is 14.4 Å². The van der Waals surface area contributed by atoms with E-state index in [0.29, 0.717) is 19.5 Å². The summed E-state index contributed by atoms with van der Waals surface area (Å²) in [6.07, 6.45) is 1.89. The van der Waals surface area contributed by atoms with E-state index in [1.54, 1.807) is 0 Å². The third-order valence-electron chi connectivity index (χ3n) is 2.38. The van der Waals surface area contributed by atoms with Crippen molar-refractivity contribution in [3.8, 4) is 0 Å². The van der Waals surface area contributed by atoms with Crippen molar-refractivity contribution in [1.29, 1.82) is 0 Å². The highest BCUT2D eigenvalue weighted by Gasteiger charge is 2.26. The average molecular weight is 242 g/mol. The molecule has 1 rings (SSSR count). The Balaban J connectivity index is 2.42. The monoisotopic (exact) mass is 242 g/mol. The maximum atomic E-state index is 11.5. The van der Waals surface area contributed by atoms with Crippen molar-refractivity contribution in [3.05, 3.63) is 12.2 Å². The first-order chi connectivity index (χ1) is 8.02. The van der Waals surface area contributed by atoms with Gasteiger partial charge in [-0.05, 0) is 6.42 Å². The quantitative estimate of drug-likeness (QED) is 0.655. The Labute approximate surface area is 98.0 Å². The van der Waals surface area contributed by atoms with Gasteiger partial charge >= 0.3 is 12.1 Å². The Bertz CT molecular complexity index is 353. The van der Waals surface area contributed by atoms with E-state index < -0.39 is 12.1 Å². The van der Waals surface area contributed by atoms with Gasteiger partial charge in [-0.3, -0.25) is 4.79 Å². The number of carbonyl (C=O) groups is 3. The Morgan fingerprint density at radius 1 is 1.41 bits per heavy atom. The van der Waals surface area contributed by atoms with Crippen LogP contribution in [0.2, 0.25) is 0 Å². The minimum Gasteiger partial charge on any atom is -0.478 e. The number of nitrogens with one attached hydrogen (secondary N) is 1. The summed E-state index contributed by atoms with van der Waals surface area (Å²) in [6, 6.07) is -0.148. The Kier molecular flexibility index (Phi) is 4.50. The van der Waals surface area contributed by atoms with Crippen LogP contribution in [0.25, 0.3) is 0 Å². The molecule has 7 nitrogen and oxygen atoms in total. The van der Waals surface area contributed by atoms with Crippen LogP contribution in [0.5, 0.6) is 0 Å². The van der Waals surface area contributed by atoms with Gasteiger partial charge in [-0.2, -0.15) is 0 Å². The molecule has 94 valence electrons. The Hall–Kier alpha value is -2.05. The van der Waals surface area contributed by atoms with Crippen LogP contribution >= 0.6 is 0 Å². The molecule has 0 bridgehead atoms. The fourth-order valence-corrected chi connectivity index (χ4v) is 1.55. The molecule has 0 saturated carbocycles. The number of carboxylic acid groups (broad SMARTS) is 1. The van der Waals surface area contributed by atoms with E-state index in [0.717, 1.165) is 12.2 Å². The van der Waals surface area contributed by atoms with Crippen molar-refractivity contribution in [2.75, 3.05) is 20.2 Å². The van der Waals surface area contributed by atoms with Gasteiger partial charge in [0.05, 0.1) is 13.2 Å². The summed E-state index contributed by atoms with van der Waals surface area (Å²) in [5.41, 5.74) is 0. The number of hydrogen-bond donors (Lipinski definition) is 2. The van der Waals surface area contributed by atoms with Crippen LogP contribution in [0.4, 0.5) is 4.79 Å². The maximum Gasteiger partial charge on any atom is 0.407 e. The van der Waals surface area contributed by atoms with E-state index in [2.05, 4.69) is 10.1 Å². The SMILES string of the molecule is COC(=O)NC1CCN(C(=O)/C=C/C(=O)O)C1. The number of methoxy groups -OCH3 is 1. The van der Waals surface area contributed by atoms with E-state index in [-0.39, 0.29) is 11.9 Å². The van der Waals surface area contributed by atoms with Crippen molar-refractivity contribution in [2.24, 2.45) is 0 Å². The number of ether oxygens (including phenoxy) is 1. The van der Waals surface area contributed by atoms with Gasteiger partial charge in [-0.25, -0.2) is 9.59 Å². The molecule has 1 heterocycles. The molecule has 1 fully saturated rings. The number of rotatable bonds is 3. The van der Waals surface area contributed by atoms with Crippen molar-refractivity contribution >= 4 is 18.0 Å². The lowest BCUT2D eigenvalue weighted by atomic mass is 10.3. The van der Waals surface area contributed by atoms with Crippen LogP contribution in [0.1, 0.15) is 6.42 Å². The number of amides is 2. The second-order valence-corrected chi connectivity index (χ2v) is 3.58. The summed E-state index contributed by atoms with van der Waals surface area (Å²) in [5.74, 6) is -1.54. The zero-order valence-electron chi connectivity index (χ0n) is 9.38. The van der Waals surface area contributed by atoms with Crippen LogP contribution in [0, 0.1) is 0 Å². The molecule has 1 aliphatic rings. The number of nitrogens with zero attached hydrogens (tertiary/aromatic N) is 1. The summed E-state index contributed by atoms with van der Waals surface area (Å²) in [7, 11) is 1.27. The second-order valence-electron chi connectivity index (χ2n) is 3.58. The first-order valence-corrected chi connectivity index (χ1v) is 5.07. The summed E-state index contributed by atoms with van der Waals surface area (Å²) < 4.78 is 4.44. The number of aliphatic carboxylic acids is 1. The minimum absolute atomic E-state index is 0.148. The summed E-state index contributed by atoms with van der Waals surface area (Å²) in [6.45, 7) is 0.843. The molecular formula is C10H14N2O5. The fraction of sp³-hybridized carbons (Fsp3) is 0.500. The molecule has 1 atom stereocenters. The maximum absolute atomic E-state index is 11.5. The van der Waals surface area contributed by atoms with Gasteiger partial charge in [0, 0.05) is 25.2 Å². The highest BCUT2D eigenvalue weighted by Crippen LogP contribution is 2.09. The second kappa shape index (κ2) is 5.88. The van der Waals surface area contributed by atoms with Crippen molar-refractivity contribution in [2.45, 2.75) is 12.5 Å². The normalized spacial score (nSPS) is 19.4. The van der Waals surface area contributed by atoms with Crippen LogP contribution in [0.15, 0.2) is 12.2 Å². The molecule has 1 saturated heterocycles. The fourth-order valence-electron chi connectivity index (χ4n) is 1.55. The van der Waals surface area contributed by atoms with Crippen LogP contribution < -0.4 is 5.32 Å². The predicted molar refractivity (Wildman–Crippen MR) is 57.3 cm³/mol. The van der Waals surface area contributed by atoms with Crippen molar-refractivity contribution < 1.29 is 24.2 Å². The average Bonchev–Trinajstić information content (AvgIpc) is 2.74. The molecule has 1 aliphatic heterocycles. The Morgan fingerprint density at radius 3 is 2.71 bits per heavy atom. The number of alkyl carbamates (subject to hydrolysis) is 1. The van der Waals surface area contributed by atoms with Gasteiger partial charge in [-0.15, -0.1) is 0 Å². The lowest BCUT2D eigenvalue weighted by molar-refractivity contribution is -0.132. The molecule has 0 aromatic carbocycles. The molecule has 0 aromatic rings.